The quantitative estimate of drug-likeness (QED) is 0.673. The number of benzene rings is 2. The molecule has 32 heavy (non-hydrogen) atoms. The zero-order chi connectivity index (χ0) is 23.4. The zero-order valence-electron chi connectivity index (χ0n) is 17.3. The molecule has 1 saturated heterocycles. The molecule has 1 fully saturated rings. The fraction of sp³-hybridized carbons (Fsp3) is 0.381. The Labute approximate surface area is 184 Å². The second kappa shape index (κ2) is 9.68. The minimum atomic E-state index is -4.85. The lowest BCUT2D eigenvalue weighted by molar-refractivity contribution is -0.274. The van der Waals surface area contributed by atoms with E-state index < -0.39 is 22.1 Å². The van der Waals surface area contributed by atoms with Gasteiger partial charge in [0, 0.05) is 18.8 Å². The molecule has 3 rings (SSSR count). The molecule has 0 radical (unpaired) electrons. The first kappa shape index (κ1) is 23.7. The summed E-state index contributed by atoms with van der Waals surface area (Å²) in [5, 5.41) is 0. The van der Waals surface area contributed by atoms with E-state index >= 15 is 0 Å². The van der Waals surface area contributed by atoms with Crippen LogP contribution in [0.4, 0.5) is 18.9 Å². The Morgan fingerprint density at radius 1 is 1.00 bits per heavy atom. The molecular formula is C21H23F3N2O5S. The third kappa shape index (κ3) is 6.06. The predicted molar refractivity (Wildman–Crippen MR) is 111 cm³/mol. The van der Waals surface area contributed by atoms with Crippen molar-refractivity contribution in [3.8, 4) is 11.5 Å². The molecule has 0 unspecified atom stereocenters. The van der Waals surface area contributed by atoms with Gasteiger partial charge < -0.3 is 14.4 Å². The highest BCUT2D eigenvalue weighted by molar-refractivity contribution is 7.92. The van der Waals surface area contributed by atoms with E-state index in [-0.39, 0.29) is 27.8 Å². The number of halogens is 3. The van der Waals surface area contributed by atoms with Crippen molar-refractivity contribution in [3.63, 3.8) is 0 Å². The van der Waals surface area contributed by atoms with Crippen molar-refractivity contribution in [2.75, 3.05) is 24.9 Å². The van der Waals surface area contributed by atoms with E-state index in [1.165, 1.54) is 25.3 Å². The lowest BCUT2D eigenvalue weighted by Gasteiger charge is -2.22. The number of likely N-dealkylation sites (tertiary alicyclic amines) is 1. The Morgan fingerprint density at radius 2 is 1.62 bits per heavy atom. The minimum absolute atomic E-state index is 0.0377. The molecule has 11 heteroatoms. The summed E-state index contributed by atoms with van der Waals surface area (Å²) in [4.78, 5) is 14.6. The number of methoxy groups -OCH3 is 1. The molecule has 174 valence electrons. The normalized spacial score (nSPS) is 15.1. The highest BCUT2D eigenvalue weighted by Gasteiger charge is 2.31. The molecule has 1 aliphatic rings. The molecule has 0 spiro atoms. The molecule has 2 aromatic carbocycles. The summed E-state index contributed by atoms with van der Waals surface area (Å²) in [6.07, 6.45) is -1.03. The van der Waals surface area contributed by atoms with Crippen LogP contribution in [0.1, 0.15) is 36.0 Å². The van der Waals surface area contributed by atoms with Crippen LogP contribution in [0.3, 0.4) is 0 Å². The number of nitrogens with one attached hydrogen (secondary N) is 1. The van der Waals surface area contributed by atoms with Crippen molar-refractivity contribution in [1.29, 1.82) is 0 Å². The van der Waals surface area contributed by atoms with E-state index in [1.54, 1.807) is 4.90 Å². The molecule has 0 saturated carbocycles. The van der Waals surface area contributed by atoms with Gasteiger partial charge in [-0.3, -0.25) is 9.52 Å². The predicted octanol–water partition coefficient (Wildman–Crippen LogP) is 4.41. The van der Waals surface area contributed by atoms with Gasteiger partial charge in [-0.2, -0.15) is 0 Å². The molecule has 7 nitrogen and oxygen atoms in total. The highest BCUT2D eigenvalue weighted by Crippen LogP contribution is 2.28. The summed E-state index contributed by atoms with van der Waals surface area (Å²) in [5.74, 6) is -0.531. The Morgan fingerprint density at radius 3 is 2.19 bits per heavy atom. The Hall–Kier alpha value is -2.95. The minimum Gasteiger partial charge on any atom is -0.496 e. The highest BCUT2D eigenvalue weighted by atomic mass is 32.2. The van der Waals surface area contributed by atoms with E-state index in [4.69, 9.17) is 4.74 Å². The van der Waals surface area contributed by atoms with Gasteiger partial charge in [0.2, 0.25) is 0 Å². The molecular weight excluding hydrogens is 449 g/mol. The third-order valence-electron chi connectivity index (χ3n) is 4.95. The van der Waals surface area contributed by atoms with Crippen molar-refractivity contribution < 1.29 is 35.9 Å². The third-order valence-corrected chi connectivity index (χ3v) is 6.32. The van der Waals surface area contributed by atoms with Crippen LogP contribution in [0.5, 0.6) is 11.5 Å². The van der Waals surface area contributed by atoms with Crippen LogP contribution in [-0.4, -0.2) is 45.8 Å². The summed E-state index contributed by atoms with van der Waals surface area (Å²) < 4.78 is 73.8. The number of sulfonamides is 1. The van der Waals surface area contributed by atoms with Crippen molar-refractivity contribution >= 4 is 21.6 Å². The number of alkyl halides is 3. The van der Waals surface area contributed by atoms with Crippen molar-refractivity contribution in [2.45, 2.75) is 36.9 Å². The first-order valence-electron chi connectivity index (χ1n) is 9.95. The van der Waals surface area contributed by atoms with Gasteiger partial charge in [0.05, 0.1) is 17.6 Å². The molecule has 0 aliphatic carbocycles. The lowest BCUT2D eigenvalue weighted by Crippen LogP contribution is -2.32. The van der Waals surface area contributed by atoms with E-state index in [2.05, 4.69) is 9.46 Å². The second-order valence-corrected chi connectivity index (χ2v) is 8.93. The second-order valence-electron chi connectivity index (χ2n) is 7.25. The topological polar surface area (TPSA) is 84.9 Å². The van der Waals surface area contributed by atoms with E-state index in [9.17, 15) is 26.4 Å². The smallest absolute Gasteiger partial charge is 0.496 e. The number of nitrogens with zero attached hydrogens (tertiary/aromatic N) is 1. The maximum absolute atomic E-state index is 13.0. The number of hydrogen-bond acceptors (Lipinski definition) is 5. The molecule has 1 N–H and O–H groups in total. The van der Waals surface area contributed by atoms with Crippen LogP contribution >= 0.6 is 0 Å². The Kier molecular flexibility index (Phi) is 7.17. The number of rotatable bonds is 6. The van der Waals surface area contributed by atoms with Gasteiger partial charge in [0.1, 0.15) is 11.5 Å². The number of carbonyl (C=O) groups excluding carboxylic acids is 1. The van der Waals surface area contributed by atoms with Crippen molar-refractivity contribution in [3.05, 3.63) is 48.0 Å². The molecule has 1 aliphatic heterocycles. The van der Waals surface area contributed by atoms with Gasteiger partial charge in [0.15, 0.2) is 0 Å². The van der Waals surface area contributed by atoms with Crippen LogP contribution in [0.2, 0.25) is 0 Å². The first-order valence-corrected chi connectivity index (χ1v) is 11.4. The molecule has 0 aromatic heterocycles. The van der Waals surface area contributed by atoms with Gasteiger partial charge >= 0.3 is 6.36 Å². The summed E-state index contributed by atoms with van der Waals surface area (Å²) in [7, 11) is -2.73. The van der Waals surface area contributed by atoms with Crippen molar-refractivity contribution in [2.24, 2.45) is 0 Å². The summed E-state index contributed by atoms with van der Waals surface area (Å²) in [5.41, 5.74) is 0.168. The van der Waals surface area contributed by atoms with Gasteiger partial charge in [-0.25, -0.2) is 8.42 Å². The fourth-order valence-corrected chi connectivity index (χ4v) is 4.49. The Bertz CT molecular complexity index is 1050. The number of anilines is 1. The number of amides is 1. The monoisotopic (exact) mass is 472 g/mol. The molecule has 0 bridgehead atoms. The van der Waals surface area contributed by atoms with E-state index in [0.717, 1.165) is 49.9 Å². The fourth-order valence-electron chi connectivity index (χ4n) is 3.40. The van der Waals surface area contributed by atoms with Gasteiger partial charge in [-0.15, -0.1) is 13.2 Å². The maximum atomic E-state index is 13.0. The maximum Gasteiger partial charge on any atom is 0.573 e. The molecule has 0 atom stereocenters. The standard InChI is InChI=1S/C21H23F3N2O5S/c1-30-19-11-10-17(14-18(19)20(27)26-12-4-2-3-5-13-26)32(28,29)25-15-6-8-16(9-7-15)31-21(22,23)24/h6-11,14,25H,2-5,12-13H2,1H3. The molecule has 1 amide bonds. The summed E-state index contributed by atoms with van der Waals surface area (Å²) in [6.45, 7) is 1.17. The van der Waals surface area contributed by atoms with Crippen molar-refractivity contribution in [1.82, 2.24) is 4.90 Å². The average molecular weight is 472 g/mol. The first-order chi connectivity index (χ1) is 15.1. The van der Waals surface area contributed by atoms with Gasteiger partial charge in [-0.05, 0) is 55.3 Å². The number of ether oxygens (including phenoxy) is 2. The molecule has 1 heterocycles. The Balaban J connectivity index is 1.83. The molecule has 2 aromatic rings. The zero-order valence-corrected chi connectivity index (χ0v) is 18.1. The number of hydrogen-bond donors (Lipinski definition) is 1. The number of carbonyl (C=O) groups is 1. The average Bonchev–Trinajstić information content (AvgIpc) is 3.02. The SMILES string of the molecule is COc1ccc(S(=O)(=O)Nc2ccc(OC(F)(F)F)cc2)cc1C(=O)N1CCCCCC1. The van der Waals surface area contributed by atoms with E-state index in [1.807, 2.05) is 0 Å². The van der Waals surface area contributed by atoms with Crippen LogP contribution in [-0.2, 0) is 10.0 Å². The van der Waals surface area contributed by atoms with Crippen LogP contribution in [0, 0.1) is 0 Å². The largest absolute Gasteiger partial charge is 0.573 e. The summed E-state index contributed by atoms with van der Waals surface area (Å²) in [6, 6.07) is 8.22. The van der Waals surface area contributed by atoms with Gasteiger partial charge in [-0.1, -0.05) is 12.8 Å². The summed E-state index contributed by atoms with van der Waals surface area (Å²) >= 11 is 0. The van der Waals surface area contributed by atoms with Gasteiger partial charge in [0.25, 0.3) is 15.9 Å². The van der Waals surface area contributed by atoms with Crippen LogP contribution < -0.4 is 14.2 Å². The van der Waals surface area contributed by atoms with Crippen LogP contribution in [0.15, 0.2) is 47.4 Å². The van der Waals surface area contributed by atoms with E-state index in [0.29, 0.717) is 13.1 Å². The van der Waals surface area contributed by atoms with Crippen LogP contribution in [0.25, 0.3) is 0 Å². The lowest BCUT2D eigenvalue weighted by atomic mass is 10.1.